The highest BCUT2D eigenvalue weighted by atomic mass is 16.5. The highest BCUT2D eigenvalue weighted by Crippen LogP contribution is 2.23. The molecule has 1 saturated heterocycles. The normalized spacial score (nSPS) is 17.3. The van der Waals surface area contributed by atoms with Crippen molar-refractivity contribution in [3.63, 3.8) is 0 Å². The second-order valence-electron chi connectivity index (χ2n) is 4.64. The molecule has 0 aromatic heterocycles. The summed E-state index contributed by atoms with van der Waals surface area (Å²) in [7, 11) is 0. The highest BCUT2D eigenvalue weighted by molar-refractivity contribution is 5.72. The van der Waals surface area contributed by atoms with Gasteiger partial charge in [-0.15, -0.1) is 0 Å². The lowest BCUT2D eigenvalue weighted by Crippen LogP contribution is -2.29. The zero-order valence-corrected chi connectivity index (χ0v) is 10.6. The van der Waals surface area contributed by atoms with Gasteiger partial charge < -0.3 is 14.7 Å². The average molecular weight is 249 g/mol. The van der Waals surface area contributed by atoms with E-state index in [0.717, 1.165) is 13.1 Å². The van der Waals surface area contributed by atoms with E-state index in [-0.39, 0.29) is 0 Å². The smallest absolute Gasteiger partial charge is 0.344 e. The van der Waals surface area contributed by atoms with Gasteiger partial charge in [0.05, 0.1) is 0 Å². The topological polar surface area (TPSA) is 49.8 Å². The fourth-order valence-electron chi connectivity index (χ4n) is 2.14. The van der Waals surface area contributed by atoms with Crippen LogP contribution in [0, 0.1) is 0 Å². The van der Waals surface area contributed by atoms with E-state index < -0.39 is 12.1 Å². The van der Waals surface area contributed by atoms with Gasteiger partial charge in [0.15, 0.2) is 6.10 Å². The van der Waals surface area contributed by atoms with Gasteiger partial charge in [-0.1, -0.05) is 0 Å². The molecule has 1 N–H and O–H groups in total. The molecule has 1 heterocycles. The summed E-state index contributed by atoms with van der Waals surface area (Å²) in [5.74, 6) is -0.347. The summed E-state index contributed by atoms with van der Waals surface area (Å²) in [5, 5.41) is 8.77. The maximum Gasteiger partial charge on any atom is 0.344 e. The molecule has 2 rings (SSSR count). The van der Waals surface area contributed by atoms with Crippen LogP contribution in [-0.2, 0) is 4.79 Å². The van der Waals surface area contributed by atoms with Gasteiger partial charge in [0, 0.05) is 18.8 Å². The summed E-state index contributed by atoms with van der Waals surface area (Å²) in [6.45, 7) is 3.73. The van der Waals surface area contributed by atoms with Crippen molar-refractivity contribution in [2.45, 2.75) is 32.3 Å². The molecule has 4 heteroatoms. The molecule has 18 heavy (non-hydrogen) atoms. The van der Waals surface area contributed by atoms with Crippen molar-refractivity contribution in [3.8, 4) is 5.75 Å². The number of hydrogen-bond donors (Lipinski definition) is 1. The summed E-state index contributed by atoms with van der Waals surface area (Å²) < 4.78 is 5.30. The number of benzene rings is 1. The molecular weight excluding hydrogens is 230 g/mol. The quantitative estimate of drug-likeness (QED) is 0.890. The second-order valence-corrected chi connectivity index (χ2v) is 4.64. The predicted molar refractivity (Wildman–Crippen MR) is 70.2 cm³/mol. The number of carbonyl (C=O) groups is 1. The molecule has 1 aliphatic heterocycles. The van der Waals surface area contributed by atoms with Crippen LogP contribution in [-0.4, -0.2) is 30.3 Å². The Hall–Kier alpha value is -1.71. The van der Waals surface area contributed by atoms with E-state index in [1.54, 1.807) is 0 Å². The van der Waals surface area contributed by atoms with Crippen LogP contribution in [0.2, 0.25) is 0 Å². The van der Waals surface area contributed by atoms with Crippen LogP contribution in [0.3, 0.4) is 0 Å². The van der Waals surface area contributed by atoms with Gasteiger partial charge >= 0.3 is 5.97 Å². The molecule has 1 aliphatic rings. The van der Waals surface area contributed by atoms with Crippen LogP contribution in [0.15, 0.2) is 24.3 Å². The Balaban J connectivity index is 1.98. The summed E-state index contributed by atoms with van der Waals surface area (Å²) in [4.78, 5) is 13.0. The SMILES string of the molecule is CC(Oc1ccc(N2CCCCC2)cc1)C(=O)O. The van der Waals surface area contributed by atoms with E-state index in [1.165, 1.54) is 31.9 Å². The lowest BCUT2D eigenvalue weighted by atomic mass is 10.1. The molecule has 0 radical (unpaired) electrons. The molecule has 4 nitrogen and oxygen atoms in total. The fraction of sp³-hybridized carbons (Fsp3) is 0.500. The van der Waals surface area contributed by atoms with Crippen molar-refractivity contribution in [2.75, 3.05) is 18.0 Å². The highest BCUT2D eigenvalue weighted by Gasteiger charge is 2.13. The monoisotopic (exact) mass is 249 g/mol. The third-order valence-electron chi connectivity index (χ3n) is 3.22. The first-order valence-electron chi connectivity index (χ1n) is 6.41. The van der Waals surface area contributed by atoms with Crippen LogP contribution in [0.5, 0.6) is 5.75 Å². The number of ether oxygens (including phenoxy) is 1. The number of rotatable bonds is 4. The molecule has 0 aliphatic carbocycles. The largest absolute Gasteiger partial charge is 0.479 e. The molecule has 0 amide bonds. The number of anilines is 1. The van der Waals surface area contributed by atoms with Crippen molar-refractivity contribution in [1.29, 1.82) is 0 Å². The summed E-state index contributed by atoms with van der Waals surface area (Å²) >= 11 is 0. The number of hydrogen-bond acceptors (Lipinski definition) is 3. The molecular formula is C14H19NO3. The minimum absolute atomic E-state index is 0.602. The van der Waals surface area contributed by atoms with Gasteiger partial charge in [-0.25, -0.2) is 4.79 Å². The third kappa shape index (κ3) is 3.15. The maximum absolute atomic E-state index is 10.7. The molecule has 98 valence electrons. The number of nitrogens with zero attached hydrogens (tertiary/aromatic N) is 1. The zero-order valence-electron chi connectivity index (χ0n) is 10.6. The van der Waals surface area contributed by atoms with Crippen LogP contribution < -0.4 is 9.64 Å². The van der Waals surface area contributed by atoms with Crippen LogP contribution in [0.25, 0.3) is 0 Å². The van der Waals surface area contributed by atoms with Crippen molar-refractivity contribution >= 4 is 11.7 Å². The van der Waals surface area contributed by atoms with Gasteiger partial charge in [-0.05, 0) is 50.5 Å². The Labute approximate surface area is 107 Å². The Morgan fingerprint density at radius 2 is 1.83 bits per heavy atom. The summed E-state index contributed by atoms with van der Waals surface area (Å²) in [5.41, 5.74) is 1.19. The van der Waals surface area contributed by atoms with Gasteiger partial charge in [0.1, 0.15) is 5.75 Å². The summed E-state index contributed by atoms with van der Waals surface area (Å²) in [6.07, 6.45) is 2.99. The van der Waals surface area contributed by atoms with Crippen LogP contribution in [0.1, 0.15) is 26.2 Å². The predicted octanol–water partition coefficient (Wildman–Crippen LogP) is 2.53. The molecule has 1 aromatic rings. The minimum atomic E-state index is -0.949. The average Bonchev–Trinajstić information content (AvgIpc) is 2.40. The van der Waals surface area contributed by atoms with Crippen LogP contribution >= 0.6 is 0 Å². The van der Waals surface area contributed by atoms with Crippen molar-refractivity contribution in [2.24, 2.45) is 0 Å². The molecule has 0 spiro atoms. The summed E-state index contributed by atoms with van der Waals surface area (Å²) in [6, 6.07) is 7.66. The van der Waals surface area contributed by atoms with E-state index in [1.807, 2.05) is 24.3 Å². The first-order valence-corrected chi connectivity index (χ1v) is 6.41. The van der Waals surface area contributed by atoms with Gasteiger partial charge in [0.2, 0.25) is 0 Å². The fourth-order valence-corrected chi connectivity index (χ4v) is 2.14. The lowest BCUT2D eigenvalue weighted by Gasteiger charge is -2.28. The number of carboxylic acid groups (broad SMARTS) is 1. The number of aliphatic carboxylic acids is 1. The van der Waals surface area contributed by atoms with E-state index in [2.05, 4.69) is 4.90 Å². The van der Waals surface area contributed by atoms with E-state index >= 15 is 0 Å². The van der Waals surface area contributed by atoms with Crippen LogP contribution in [0.4, 0.5) is 5.69 Å². The molecule has 1 atom stereocenters. The number of carboxylic acids is 1. The van der Waals surface area contributed by atoms with E-state index in [0.29, 0.717) is 5.75 Å². The minimum Gasteiger partial charge on any atom is -0.479 e. The molecule has 0 bridgehead atoms. The Bertz CT molecular complexity index is 396. The maximum atomic E-state index is 10.7. The molecule has 0 saturated carbocycles. The molecule has 1 fully saturated rings. The molecule has 1 aromatic carbocycles. The first kappa shape index (κ1) is 12.7. The molecule has 1 unspecified atom stereocenters. The van der Waals surface area contributed by atoms with Crippen molar-refractivity contribution < 1.29 is 14.6 Å². The zero-order chi connectivity index (χ0) is 13.0. The Kier molecular flexibility index (Phi) is 4.07. The van der Waals surface area contributed by atoms with E-state index in [9.17, 15) is 4.79 Å². The van der Waals surface area contributed by atoms with Gasteiger partial charge in [-0.3, -0.25) is 0 Å². The third-order valence-corrected chi connectivity index (χ3v) is 3.22. The lowest BCUT2D eigenvalue weighted by molar-refractivity contribution is -0.144. The standard InChI is InChI=1S/C14H19NO3/c1-11(14(16)17)18-13-7-5-12(6-8-13)15-9-3-2-4-10-15/h5-8,11H,2-4,9-10H2,1H3,(H,16,17). The van der Waals surface area contributed by atoms with Gasteiger partial charge in [0.25, 0.3) is 0 Å². The van der Waals surface area contributed by atoms with Gasteiger partial charge in [-0.2, -0.15) is 0 Å². The van der Waals surface area contributed by atoms with Crippen molar-refractivity contribution in [1.82, 2.24) is 0 Å². The Morgan fingerprint density at radius 3 is 2.39 bits per heavy atom. The first-order chi connectivity index (χ1) is 8.66. The Morgan fingerprint density at radius 1 is 1.22 bits per heavy atom. The second kappa shape index (κ2) is 5.76. The van der Waals surface area contributed by atoms with Crippen molar-refractivity contribution in [3.05, 3.63) is 24.3 Å². The van der Waals surface area contributed by atoms with E-state index in [4.69, 9.17) is 9.84 Å². The number of piperidine rings is 1.